The van der Waals surface area contributed by atoms with E-state index in [1.807, 2.05) is 13.8 Å². The summed E-state index contributed by atoms with van der Waals surface area (Å²) in [6, 6.07) is 0.601. The molecule has 0 bridgehead atoms. The molecule has 0 unspecified atom stereocenters. The van der Waals surface area contributed by atoms with Crippen LogP contribution in [0.25, 0.3) is 0 Å². The maximum Gasteiger partial charge on any atom is 0.534 e. The summed E-state index contributed by atoms with van der Waals surface area (Å²) in [7, 11) is -12.3. The van der Waals surface area contributed by atoms with Crippen LogP contribution in [0.3, 0.4) is 0 Å². The van der Waals surface area contributed by atoms with Crippen LogP contribution in [-0.4, -0.2) is 33.5 Å². The van der Waals surface area contributed by atoms with Crippen LogP contribution in [0.1, 0.15) is 51.5 Å². The molecule has 33 heavy (non-hydrogen) atoms. The molecule has 188 valence electrons. The van der Waals surface area contributed by atoms with E-state index in [4.69, 9.17) is 0 Å². The lowest BCUT2D eigenvalue weighted by molar-refractivity contribution is -0.0506. The number of rotatable bonds is 4. The highest BCUT2D eigenvalue weighted by Gasteiger charge is 2.51. The first-order valence-corrected chi connectivity index (χ1v) is 12.4. The van der Waals surface area contributed by atoms with E-state index < -0.39 is 64.7 Å². The number of aryl methyl sites for hydroxylation is 1. The van der Waals surface area contributed by atoms with Crippen molar-refractivity contribution in [3.63, 3.8) is 0 Å². The first kappa shape index (κ1) is 27.1. The molecule has 1 spiro atoms. The molecule has 0 radical (unpaired) electrons. The molecule has 16 heteroatoms. The fourth-order valence-electron chi connectivity index (χ4n) is 3.23. The van der Waals surface area contributed by atoms with Crippen molar-refractivity contribution < 1.29 is 51.5 Å². The summed E-state index contributed by atoms with van der Waals surface area (Å²) in [6.07, 6.45) is 2.46. The molecule has 3 rings (SSSR count). The van der Waals surface area contributed by atoms with E-state index in [2.05, 4.69) is 18.4 Å². The van der Waals surface area contributed by atoms with Crippen molar-refractivity contribution >= 4 is 20.2 Å². The van der Waals surface area contributed by atoms with Crippen molar-refractivity contribution in [2.24, 2.45) is 9.98 Å². The molecule has 0 atom stereocenters. The van der Waals surface area contributed by atoms with Crippen molar-refractivity contribution in [3.8, 4) is 11.5 Å². The molecule has 0 N–H and O–H groups in total. The zero-order valence-corrected chi connectivity index (χ0v) is 19.2. The summed E-state index contributed by atoms with van der Waals surface area (Å²) in [5, 5.41) is -1.25. The third kappa shape index (κ3) is 5.36. The molecule has 1 saturated carbocycles. The molecule has 2 aliphatic rings. The lowest BCUT2D eigenvalue weighted by atomic mass is 9.90. The number of fused-ring (bicyclic) bond motifs is 1. The number of alkyl halides is 6. The molecule has 1 aromatic carbocycles. The summed E-state index contributed by atoms with van der Waals surface area (Å²) in [4.78, 5) is 8.27. The Balaban J connectivity index is 0.00000187. The predicted octanol–water partition coefficient (Wildman–Crippen LogP) is 3.39. The van der Waals surface area contributed by atoms with Gasteiger partial charge < -0.3 is 8.37 Å². The summed E-state index contributed by atoms with van der Waals surface area (Å²) in [5.74, 6) is -1.87. The topological polar surface area (TPSA) is 111 Å². The van der Waals surface area contributed by atoms with Crippen LogP contribution in [0.15, 0.2) is 16.1 Å². The van der Waals surface area contributed by atoms with Gasteiger partial charge in [-0.2, -0.15) is 43.2 Å². The number of hydrogen-bond donors (Lipinski definition) is 0. The smallest absolute Gasteiger partial charge is 0.374 e. The van der Waals surface area contributed by atoms with Gasteiger partial charge >= 0.3 is 31.3 Å². The van der Waals surface area contributed by atoms with Crippen molar-refractivity contribution in [1.82, 2.24) is 0 Å². The summed E-state index contributed by atoms with van der Waals surface area (Å²) in [6.45, 7) is 5.00. The second-order valence-electron chi connectivity index (χ2n) is 6.95. The fraction of sp³-hybridized carbons (Fsp3) is 0.647. The Labute approximate surface area is 185 Å². The van der Waals surface area contributed by atoms with Gasteiger partial charge in [-0.25, -0.2) is 9.98 Å². The Hall–Kier alpha value is -2.10. The molecule has 1 aliphatic heterocycles. The molecular formula is C17H20F6N2O6S2. The van der Waals surface area contributed by atoms with Crippen molar-refractivity contribution in [1.29, 1.82) is 0 Å². The van der Waals surface area contributed by atoms with E-state index in [0.29, 0.717) is 18.9 Å². The van der Waals surface area contributed by atoms with E-state index in [1.54, 1.807) is 0 Å². The van der Waals surface area contributed by atoms with Crippen LogP contribution in [0.5, 0.6) is 11.5 Å². The maximum atomic E-state index is 12.8. The van der Waals surface area contributed by atoms with Crippen LogP contribution in [0.2, 0.25) is 0 Å². The summed E-state index contributed by atoms with van der Waals surface area (Å²) < 4.78 is 131. The highest BCUT2D eigenvalue weighted by Crippen LogP contribution is 2.36. The van der Waals surface area contributed by atoms with Gasteiger partial charge in [0.1, 0.15) is 10.7 Å². The highest BCUT2D eigenvalue weighted by molar-refractivity contribution is 7.88. The van der Waals surface area contributed by atoms with E-state index >= 15 is 0 Å². The van der Waals surface area contributed by atoms with Gasteiger partial charge in [0.05, 0.1) is 0 Å². The normalized spacial score (nSPS) is 17.8. The number of benzene rings is 1. The van der Waals surface area contributed by atoms with Crippen LogP contribution >= 0.6 is 0 Å². The quantitative estimate of drug-likeness (QED) is 0.338. The third-order valence-corrected chi connectivity index (χ3v) is 6.55. The summed E-state index contributed by atoms with van der Waals surface area (Å²) in [5.41, 5.74) is -13.3. The zero-order chi connectivity index (χ0) is 25.5. The monoisotopic (exact) mass is 526 g/mol. The van der Waals surface area contributed by atoms with E-state index in [0.717, 1.165) is 13.3 Å². The first-order valence-electron chi connectivity index (χ1n) is 9.63. The predicted molar refractivity (Wildman–Crippen MR) is 102 cm³/mol. The Bertz CT molecular complexity index is 1230. The number of hydrogen-bond acceptors (Lipinski definition) is 8. The minimum atomic E-state index is -6.15. The number of halogens is 6. The Kier molecular flexibility index (Phi) is 7.34. The SMILES string of the molecule is CC.Cc1cc(OS(=O)(=O)C(F)(F)F)c2c(c1OS(=O)(=O)C(F)(F)F)=NC1(CCCCC1)N=2. The Morgan fingerprint density at radius 2 is 1.27 bits per heavy atom. The lowest BCUT2D eigenvalue weighted by Gasteiger charge is -2.27. The zero-order valence-electron chi connectivity index (χ0n) is 17.5. The molecule has 1 heterocycles. The molecule has 0 saturated heterocycles. The van der Waals surface area contributed by atoms with Gasteiger partial charge in [-0.15, -0.1) is 0 Å². The Morgan fingerprint density at radius 3 is 1.76 bits per heavy atom. The molecule has 0 amide bonds. The maximum absolute atomic E-state index is 12.8. The van der Waals surface area contributed by atoms with E-state index in [1.165, 1.54) is 0 Å². The van der Waals surface area contributed by atoms with Gasteiger partial charge in [-0.3, -0.25) is 0 Å². The lowest BCUT2D eigenvalue weighted by Crippen LogP contribution is -2.35. The second-order valence-corrected chi connectivity index (χ2v) is 10.0. The van der Waals surface area contributed by atoms with Crippen LogP contribution in [0, 0.1) is 6.92 Å². The van der Waals surface area contributed by atoms with Crippen molar-refractivity contribution in [2.45, 2.75) is 69.6 Å². The average molecular weight is 526 g/mol. The molecule has 1 fully saturated rings. The average Bonchev–Trinajstić information content (AvgIpc) is 3.04. The minimum Gasteiger partial charge on any atom is -0.374 e. The highest BCUT2D eigenvalue weighted by atomic mass is 32.2. The van der Waals surface area contributed by atoms with Crippen LogP contribution < -0.4 is 19.1 Å². The molecule has 1 aromatic rings. The van der Waals surface area contributed by atoms with Crippen molar-refractivity contribution in [3.05, 3.63) is 22.3 Å². The van der Waals surface area contributed by atoms with Crippen LogP contribution in [0.4, 0.5) is 26.3 Å². The minimum absolute atomic E-state index is 0.262. The van der Waals surface area contributed by atoms with Gasteiger partial charge in [0, 0.05) is 0 Å². The Morgan fingerprint density at radius 1 is 0.818 bits per heavy atom. The van der Waals surface area contributed by atoms with Crippen LogP contribution in [-0.2, 0) is 20.2 Å². The van der Waals surface area contributed by atoms with Gasteiger partial charge in [0.25, 0.3) is 0 Å². The van der Waals surface area contributed by atoms with Gasteiger partial charge in [0.15, 0.2) is 17.2 Å². The molecule has 1 aliphatic carbocycles. The second kappa shape index (κ2) is 8.92. The third-order valence-electron chi connectivity index (χ3n) is 4.63. The van der Waals surface area contributed by atoms with Crippen molar-refractivity contribution in [2.75, 3.05) is 0 Å². The fourth-order valence-corrected chi connectivity index (χ4v) is 4.21. The number of nitrogens with zero attached hydrogens (tertiary/aromatic N) is 2. The molecule has 0 aromatic heterocycles. The molecular weight excluding hydrogens is 506 g/mol. The van der Waals surface area contributed by atoms with Gasteiger partial charge in [-0.05, 0) is 44.2 Å². The standard InChI is InChI=1S/C15H14F6N2O6S2.C2H6/c1-8-7-9(28-30(24,25)14(16,17)18)10-11(12(8)29-31(26,27)15(19,20)21)23-13(22-10)5-3-2-4-6-13;1-2/h7H,2-6H2,1H3;1-2H3. The largest absolute Gasteiger partial charge is 0.534 e. The van der Waals surface area contributed by atoms with Gasteiger partial charge in [0.2, 0.25) is 0 Å². The van der Waals surface area contributed by atoms with E-state index in [-0.39, 0.29) is 12.8 Å². The molecule has 8 nitrogen and oxygen atoms in total. The summed E-state index contributed by atoms with van der Waals surface area (Å²) >= 11 is 0. The first-order chi connectivity index (χ1) is 15.0. The van der Waals surface area contributed by atoms with E-state index in [9.17, 15) is 43.2 Å². The van der Waals surface area contributed by atoms with Gasteiger partial charge in [-0.1, -0.05) is 20.3 Å².